The third-order valence-electron chi connectivity index (χ3n) is 6.12. The Hall–Kier alpha value is -3.96. The van der Waals surface area contributed by atoms with E-state index in [1.54, 1.807) is 36.6 Å². The van der Waals surface area contributed by atoms with Crippen LogP contribution in [-0.2, 0) is 0 Å². The van der Waals surface area contributed by atoms with Crippen LogP contribution < -0.4 is 21.1 Å². The van der Waals surface area contributed by atoms with Crippen molar-refractivity contribution in [3.63, 3.8) is 0 Å². The Morgan fingerprint density at radius 3 is 2.91 bits per heavy atom. The lowest BCUT2D eigenvalue weighted by atomic mass is 10.1. The van der Waals surface area contributed by atoms with E-state index in [9.17, 15) is 9.90 Å². The minimum atomic E-state index is -0.347. The van der Waals surface area contributed by atoms with Gasteiger partial charge < -0.3 is 19.7 Å². The maximum atomic E-state index is 13.3. The molecule has 3 aromatic rings. The molecule has 1 fully saturated rings. The van der Waals surface area contributed by atoms with Gasteiger partial charge in [0.25, 0.3) is 5.91 Å². The number of nitrogens with zero attached hydrogens (tertiary/aromatic N) is 5. The summed E-state index contributed by atoms with van der Waals surface area (Å²) in [5.41, 5.74) is 9.37. The first kappa shape index (κ1) is 22.8. The zero-order chi connectivity index (χ0) is 24.5. The fourth-order valence-corrected chi connectivity index (χ4v) is 3.99. The zero-order valence-electron chi connectivity index (χ0n) is 19.8. The summed E-state index contributed by atoms with van der Waals surface area (Å²) in [5, 5.41) is 18.2. The highest BCUT2D eigenvalue weighted by Gasteiger charge is 2.27. The monoisotopic (exact) mass is 476 g/mol. The molecule has 0 radical (unpaired) electrons. The highest BCUT2D eigenvalue weighted by atomic mass is 16.5. The summed E-state index contributed by atoms with van der Waals surface area (Å²) >= 11 is 0. The van der Waals surface area contributed by atoms with E-state index >= 15 is 0 Å². The number of amides is 1. The van der Waals surface area contributed by atoms with Gasteiger partial charge in [0.15, 0.2) is 5.84 Å². The molecule has 0 unspecified atom stereocenters. The largest absolute Gasteiger partial charge is 0.496 e. The smallest absolute Gasteiger partial charge is 0.260 e. The number of hydrogen-bond donors (Lipinski definition) is 4. The molecule has 3 heterocycles. The van der Waals surface area contributed by atoms with Crippen LogP contribution in [0.2, 0.25) is 0 Å². The van der Waals surface area contributed by atoms with Gasteiger partial charge >= 0.3 is 0 Å². The van der Waals surface area contributed by atoms with Crippen molar-refractivity contribution >= 4 is 17.6 Å². The molecule has 1 atom stereocenters. The summed E-state index contributed by atoms with van der Waals surface area (Å²) in [6.45, 7) is 3.75. The van der Waals surface area contributed by atoms with Crippen molar-refractivity contribution in [2.75, 3.05) is 19.0 Å². The van der Waals surface area contributed by atoms with E-state index in [-0.39, 0.29) is 18.6 Å². The van der Waals surface area contributed by atoms with Crippen molar-refractivity contribution in [2.24, 2.45) is 5.10 Å². The molecule has 1 aromatic carbocycles. The number of ether oxygens (including phenoxy) is 1. The van der Waals surface area contributed by atoms with E-state index in [2.05, 4.69) is 31.5 Å². The third-order valence-corrected chi connectivity index (χ3v) is 6.12. The number of rotatable bonds is 8. The second-order valence-corrected chi connectivity index (χ2v) is 8.74. The topological polar surface area (TPSA) is 129 Å². The highest BCUT2D eigenvalue weighted by Crippen LogP contribution is 2.39. The molecule has 4 N–H and O–H groups in total. The molecule has 1 amide bonds. The molecular formula is C24H28N8O3. The maximum absolute atomic E-state index is 13.3. The average molecular weight is 477 g/mol. The summed E-state index contributed by atoms with van der Waals surface area (Å²) in [7, 11) is 1.54. The van der Waals surface area contributed by atoms with Gasteiger partial charge in [0.1, 0.15) is 17.3 Å². The number of carbonyl (C=O) groups is 1. The van der Waals surface area contributed by atoms with Gasteiger partial charge in [0.2, 0.25) is 0 Å². The van der Waals surface area contributed by atoms with Crippen LogP contribution in [0.4, 0.5) is 5.82 Å². The van der Waals surface area contributed by atoms with Gasteiger partial charge in [0.05, 0.1) is 43.0 Å². The number of hydrazine groups is 2. The average Bonchev–Trinajstić information content (AvgIpc) is 3.39. The van der Waals surface area contributed by atoms with Crippen molar-refractivity contribution in [1.29, 1.82) is 0 Å². The Bertz CT molecular complexity index is 1280. The number of amidine groups is 1. The van der Waals surface area contributed by atoms with Gasteiger partial charge in [-0.2, -0.15) is 0 Å². The number of anilines is 1. The molecule has 0 saturated heterocycles. The number of benzene rings is 1. The van der Waals surface area contributed by atoms with Gasteiger partial charge in [-0.1, -0.05) is 6.07 Å². The number of aliphatic hydroxyl groups is 1. The number of aliphatic hydroxyl groups excluding tert-OH is 1. The summed E-state index contributed by atoms with van der Waals surface area (Å²) < 4.78 is 7.47. The lowest BCUT2D eigenvalue weighted by Gasteiger charge is -2.24. The molecule has 1 aliphatic heterocycles. The lowest BCUT2D eigenvalue weighted by molar-refractivity contribution is 0.102. The van der Waals surface area contributed by atoms with Crippen molar-refractivity contribution < 1.29 is 14.6 Å². The van der Waals surface area contributed by atoms with E-state index in [1.807, 2.05) is 36.7 Å². The number of carbonyl (C=O) groups excluding carboxylic acids is 1. The van der Waals surface area contributed by atoms with Crippen molar-refractivity contribution in [2.45, 2.75) is 38.6 Å². The number of pyridine rings is 1. The number of imidazole rings is 1. The minimum absolute atomic E-state index is 0.0707. The molecule has 182 valence electrons. The Morgan fingerprint density at radius 2 is 2.17 bits per heavy atom. The Labute approximate surface area is 202 Å². The fourth-order valence-electron chi connectivity index (χ4n) is 3.99. The van der Waals surface area contributed by atoms with Gasteiger partial charge in [-0.25, -0.2) is 15.5 Å². The number of nitrogens with one attached hydrogen (secondary N) is 3. The molecule has 0 spiro atoms. The predicted octanol–water partition coefficient (Wildman–Crippen LogP) is 2.08. The van der Waals surface area contributed by atoms with Crippen LogP contribution in [0.25, 0.3) is 5.69 Å². The van der Waals surface area contributed by atoms with Crippen LogP contribution in [-0.4, -0.2) is 56.2 Å². The van der Waals surface area contributed by atoms with Crippen LogP contribution in [0, 0.1) is 6.92 Å². The van der Waals surface area contributed by atoms with Gasteiger partial charge in [-0.3, -0.25) is 9.80 Å². The first-order chi connectivity index (χ1) is 17.0. The summed E-state index contributed by atoms with van der Waals surface area (Å²) in [6.07, 6.45) is 6.17. The predicted molar refractivity (Wildman–Crippen MR) is 130 cm³/mol. The fraction of sp³-hybridized carbons (Fsp3) is 0.333. The van der Waals surface area contributed by atoms with Crippen molar-refractivity contribution in [3.05, 3.63) is 65.4 Å². The Balaban J connectivity index is 1.41. The molecule has 35 heavy (non-hydrogen) atoms. The summed E-state index contributed by atoms with van der Waals surface area (Å²) in [6, 6.07) is 8.69. The quantitative estimate of drug-likeness (QED) is 0.389. The van der Waals surface area contributed by atoms with E-state index in [0.717, 1.165) is 16.9 Å². The summed E-state index contributed by atoms with van der Waals surface area (Å²) in [5.74, 6) is 1.53. The van der Waals surface area contributed by atoms with E-state index in [1.165, 1.54) is 12.8 Å². The van der Waals surface area contributed by atoms with Crippen LogP contribution in [0.3, 0.4) is 0 Å². The first-order valence-corrected chi connectivity index (χ1v) is 11.5. The molecular weight excluding hydrogens is 448 g/mol. The van der Waals surface area contributed by atoms with Crippen molar-refractivity contribution in [1.82, 2.24) is 30.6 Å². The summed E-state index contributed by atoms with van der Waals surface area (Å²) in [4.78, 5) is 22.4. The lowest BCUT2D eigenvalue weighted by Crippen LogP contribution is -2.48. The Kier molecular flexibility index (Phi) is 6.10. The molecule has 1 aliphatic carbocycles. The van der Waals surface area contributed by atoms with E-state index in [0.29, 0.717) is 34.6 Å². The van der Waals surface area contributed by atoms with Crippen LogP contribution in [0.1, 0.15) is 53.0 Å². The highest BCUT2D eigenvalue weighted by molar-refractivity contribution is 6.06. The first-order valence-electron chi connectivity index (χ1n) is 11.5. The minimum Gasteiger partial charge on any atom is -0.496 e. The van der Waals surface area contributed by atoms with Gasteiger partial charge in [-0.15, -0.1) is 10.6 Å². The van der Waals surface area contributed by atoms with E-state index in [4.69, 9.17) is 4.74 Å². The standard InChI is InChI=1S/C24H28N8O3/c1-14-9-21(35-3)17(10-20(14)31-11-19(25-13-31)16-7-8-16)24(34)27-22-6-4-5-18(26-22)23-28-29-30-32(23)15(2)12-33/h4-6,9-11,13,15-16,29-30,33H,7-8,12H2,1-3H3,(H,26,27,34)/t15-/m1/s1. The molecule has 1 saturated carbocycles. The second kappa shape index (κ2) is 9.35. The van der Waals surface area contributed by atoms with Crippen LogP contribution in [0.5, 0.6) is 5.75 Å². The van der Waals surface area contributed by atoms with Crippen LogP contribution >= 0.6 is 0 Å². The zero-order valence-corrected chi connectivity index (χ0v) is 19.8. The Morgan fingerprint density at radius 1 is 1.34 bits per heavy atom. The number of methoxy groups -OCH3 is 1. The second-order valence-electron chi connectivity index (χ2n) is 8.74. The number of aromatic nitrogens is 3. The number of aryl methyl sites for hydroxylation is 1. The molecule has 2 aromatic heterocycles. The molecule has 2 aliphatic rings. The number of hydrogen-bond acceptors (Lipinski definition) is 9. The SMILES string of the molecule is COc1cc(C)c(-n2cnc(C3CC3)c2)cc1C(=O)Nc1cccc(C2=NNNN2[C@H](C)CO)n1. The normalized spacial score (nSPS) is 16.0. The van der Waals surface area contributed by atoms with Crippen molar-refractivity contribution in [3.8, 4) is 11.4 Å². The molecule has 11 nitrogen and oxygen atoms in total. The third kappa shape index (κ3) is 4.55. The van der Waals surface area contributed by atoms with Crippen LogP contribution in [0.15, 0.2) is 48.0 Å². The van der Waals surface area contributed by atoms with Gasteiger partial charge in [0, 0.05) is 12.1 Å². The molecule has 5 rings (SSSR count). The van der Waals surface area contributed by atoms with E-state index < -0.39 is 0 Å². The number of hydrazone groups is 1. The van der Waals surface area contributed by atoms with Gasteiger partial charge in [-0.05, 0) is 56.5 Å². The molecule has 0 bridgehead atoms. The molecule has 11 heteroatoms. The maximum Gasteiger partial charge on any atom is 0.260 e.